The number of furan rings is 1. The molecule has 5 nitrogen and oxygen atoms in total. The van der Waals surface area contributed by atoms with Gasteiger partial charge in [-0.25, -0.2) is 10.5 Å². The van der Waals surface area contributed by atoms with Gasteiger partial charge in [0.25, 0.3) is 5.91 Å². The molecule has 112 valence electrons. The average Bonchev–Trinajstić information content (AvgIpc) is 2.97. The van der Waals surface area contributed by atoms with Crippen LogP contribution in [0.25, 0.3) is 22.4 Å². The van der Waals surface area contributed by atoms with E-state index in [1.165, 1.54) is 11.6 Å². The molecule has 0 spiro atoms. The molecule has 5 heteroatoms. The molecule has 0 aliphatic rings. The lowest BCUT2D eigenvalue weighted by Gasteiger charge is -2.05. The highest BCUT2D eigenvalue weighted by atomic mass is 16.5. The molecule has 2 N–H and O–H groups in total. The Morgan fingerprint density at radius 1 is 1.18 bits per heavy atom. The SMILES string of the molecule is CC(C)c1ccc(-c2cc3ccc(C(=O)NO)nc3o2)cc1. The maximum absolute atomic E-state index is 11.4. The first-order chi connectivity index (χ1) is 10.6. The zero-order chi connectivity index (χ0) is 15.7. The molecule has 0 aliphatic carbocycles. The minimum absolute atomic E-state index is 0.103. The zero-order valence-corrected chi connectivity index (χ0v) is 12.3. The van der Waals surface area contributed by atoms with Crippen molar-refractivity contribution in [3.63, 3.8) is 0 Å². The van der Waals surface area contributed by atoms with Crippen molar-refractivity contribution in [2.45, 2.75) is 19.8 Å². The highest BCUT2D eigenvalue weighted by molar-refractivity contribution is 5.93. The van der Waals surface area contributed by atoms with E-state index in [0.717, 1.165) is 10.9 Å². The van der Waals surface area contributed by atoms with Crippen LogP contribution in [-0.2, 0) is 0 Å². The van der Waals surface area contributed by atoms with Gasteiger partial charge < -0.3 is 4.42 Å². The summed E-state index contributed by atoms with van der Waals surface area (Å²) in [6.07, 6.45) is 0. The van der Waals surface area contributed by atoms with E-state index in [2.05, 4.69) is 31.0 Å². The molecule has 0 atom stereocenters. The van der Waals surface area contributed by atoms with Gasteiger partial charge in [0.1, 0.15) is 11.5 Å². The van der Waals surface area contributed by atoms with Crippen LogP contribution in [0, 0.1) is 0 Å². The third kappa shape index (κ3) is 2.58. The van der Waals surface area contributed by atoms with Crippen molar-refractivity contribution in [3.05, 3.63) is 53.7 Å². The number of hydrogen-bond donors (Lipinski definition) is 2. The van der Waals surface area contributed by atoms with E-state index < -0.39 is 5.91 Å². The fourth-order valence-electron chi connectivity index (χ4n) is 2.28. The Morgan fingerprint density at radius 3 is 2.55 bits per heavy atom. The summed E-state index contributed by atoms with van der Waals surface area (Å²) in [5, 5.41) is 9.45. The maximum Gasteiger partial charge on any atom is 0.293 e. The Bertz CT molecular complexity index is 820. The molecule has 2 aromatic heterocycles. The molecular formula is C17H16N2O3. The minimum atomic E-state index is -0.666. The lowest BCUT2D eigenvalue weighted by Crippen LogP contribution is -2.19. The molecule has 0 aliphatic heterocycles. The Balaban J connectivity index is 1.99. The number of carbonyl (C=O) groups excluding carboxylic acids is 1. The van der Waals surface area contributed by atoms with Crippen LogP contribution in [0.4, 0.5) is 0 Å². The van der Waals surface area contributed by atoms with Crippen molar-refractivity contribution in [2.24, 2.45) is 0 Å². The van der Waals surface area contributed by atoms with Crippen molar-refractivity contribution >= 4 is 17.0 Å². The van der Waals surface area contributed by atoms with Gasteiger partial charge in [0, 0.05) is 10.9 Å². The van der Waals surface area contributed by atoms with Crippen LogP contribution in [0.3, 0.4) is 0 Å². The Hall–Kier alpha value is -2.66. The fraction of sp³-hybridized carbons (Fsp3) is 0.176. The second-order valence-electron chi connectivity index (χ2n) is 5.42. The van der Waals surface area contributed by atoms with E-state index in [1.807, 2.05) is 18.2 Å². The van der Waals surface area contributed by atoms with E-state index >= 15 is 0 Å². The number of nitrogens with one attached hydrogen (secondary N) is 1. The van der Waals surface area contributed by atoms with Gasteiger partial charge in [-0.3, -0.25) is 10.0 Å². The molecule has 0 radical (unpaired) electrons. The smallest absolute Gasteiger partial charge is 0.293 e. The molecule has 1 amide bonds. The molecule has 2 heterocycles. The summed E-state index contributed by atoms with van der Waals surface area (Å²) in [7, 11) is 0. The van der Waals surface area contributed by atoms with Crippen LogP contribution in [0.5, 0.6) is 0 Å². The summed E-state index contributed by atoms with van der Waals surface area (Å²) >= 11 is 0. The Morgan fingerprint density at radius 2 is 1.91 bits per heavy atom. The van der Waals surface area contributed by atoms with Crippen molar-refractivity contribution in [1.82, 2.24) is 10.5 Å². The van der Waals surface area contributed by atoms with Crippen molar-refractivity contribution in [1.29, 1.82) is 0 Å². The molecule has 0 saturated heterocycles. The molecule has 0 bridgehead atoms. The first-order valence-electron chi connectivity index (χ1n) is 7.04. The van der Waals surface area contributed by atoms with E-state index in [9.17, 15) is 4.79 Å². The second kappa shape index (κ2) is 5.61. The normalized spacial score (nSPS) is 11.1. The third-order valence-corrected chi connectivity index (χ3v) is 3.58. The lowest BCUT2D eigenvalue weighted by molar-refractivity contribution is 0.0701. The van der Waals surface area contributed by atoms with Gasteiger partial charge in [-0.2, -0.15) is 0 Å². The number of rotatable bonds is 3. The highest BCUT2D eigenvalue weighted by Crippen LogP contribution is 2.28. The van der Waals surface area contributed by atoms with E-state index in [-0.39, 0.29) is 5.69 Å². The number of hydroxylamine groups is 1. The van der Waals surface area contributed by atoms with Crippen molar-refractivity contribution in [3.8, 4) is 11.3 Å². The van der Waals surface area contributed by atoms with Crippen molar-refractivity contribution in [2.75, 3.05) is 0 Å². The van der Waals surface area contributed by atoms with E-state index in [0.29, 0.717) is 17.4 Å². The maximum atomic E-state index is 11.4. The van der Waals surface area contributed by atoms with Gasteiger partial charge >= 0.3 is 0 Å². The molecule has 0 unspecified atom stereocenters. The third-order valence-electron chi connectivity index (χ3n) is 3.58. The van der Waals surface area contributed by atoms with Crippen molar-refractivity contribution < 1.29 is 14.4 Å². The summed E-state index contributed by atoms with van der Waals surface area (Å²) in [5.41, 5.74) is 4.24. The number of carbonyl (C=O) groups is 1. The van der Waals surface area contributed by atoms with E-state index in [4.69, 9.17) is 9.62 Å². The predicted octanol–water partition coefficient (Wildman–Crippen LogP) is 3.74. The van der Waals surface area contributed by atoms with Crippen LogP contribution < -0.4 is 5.48 Å². The molecular weight excluding hydrogens is 280 g/mol. The summed E-state index contributed by atoms with van der Waals surface area (Å²) in [6, 6.07) is 13.3. The number of fused-ring (bicyclic) bond motifs is 1. The van der Waals surface area contributed by atoms with Gasteiger partial charge in [0.2, 0.25) is 5.71 Å². The summed E-state index contributed by atoms with van der Waals surface area (Å²) in [4.78, 5) is 15.5. The topological polar surface area (TPSA) is 75.4 Å². The second-order valence-corrected chi connectivity index (χ2v) is 5.42. The molecule has 0 fully saturated rings. The zero-order valence-electron chi connectivity index (χ0n) is 12.3. The summed E-state index contributed by atoms with van der Waals surface area (Å²) < 4.78 is 5.72. The standard InChI is InChI=1S/C17H16N2O3/c1-10(2)11-3-5-12(6-4-11)15-9-13-7-8-14(16(20)19-21)18-17(13)22-15/h3-10,21H,1-2H3,(H,19,20). The quantitative estimate of drug-likeness (QED) is 0.570. The van der Waals surface area contributed by atoms with Crippen LogP contribution in [0.2, 0.25) is 0 Å². The molecule has 0 saturated carbocycles. The Labute approximate surface area is 127 Å². The molecule has 22 heavy (non-hydrogen) atoms. The first kappa shape index (κ1) is 14.3. The number of benzene rings is 1. The summed E-state index contributed by atoms with van der Waals surface area (Å²) in [6.45, 7) is 4.29. The first-order valence-corrected chi connectivity index (χ1v) is 7.04. The summed E-state index contributed by atoms with van der Waals surface area (Å²) in [5.74, 6) is 0.506. The number of amides is 1. The van der Waals surface area contributed by atoms with Gasteiger partial charge in [-0.1, -0.05) is 38.1 Å². The van der Waals surface area contributed by atoms with E-state index in [1.54, 1.807) is 11.5 Å². The highest BCUT2D eigenvalue weighted by Gasteiger charge is 2.12. The average molecular weight is 296 g/mol. The predicted molar refractivity (Wildman–Crippen MR) is 82.8 cm³/mol. The molecule has 1 aromatic carbocycles. The van der Waals surface area contributed by atoms with Gasteiger partial charge in [0.15, 0.2) is 0 Å². The largest absolute Gasteiger partial charge is 0.438 e. The monoisotopic (exact) mass is 296 g/mol. The number of aromatic nitrogens is 1. The minimum Gasteiger partial charge on any atom is -0.438 e. The van der Waals surface area contributed by atoms with Crippen LogP contribution in [0.15, 0.2) is 46.9 Å². The van der Waals surface area contributed by atoms with Gasteiger partial charge in [0.05, 0.1) is 0 Å². The number of pyridine rings is 1. The van der Waals surface area contributed by atoms with Crippen LogP contribution in [-0.4, -0.2) is 16.1 Å². The number of hydrogen-bond acceptors (Lipinski definition) is 4. The van der Waals surface area contributed by atoms with Gasteiger partial charge in [-0.05, 0) is 29.7 Å². The Kier molecular flexibility index (Phi) is 3.65. The molecule has 3 rings (SSSR count). The van der Waals surface area contributed by atoms with Crippen LogP contribution in [0.1, 0.15) is 35.8 Å². The molecule has 3 aromatic rings. The fourth-order valence-corrected chi connectivity index (χ4v) is 2.28. The lowest BCUT2D eigenvalue weighted by atomic mass is 10.0. The van der Waals surface area contributed by atoms with Crippen LogP contribution >= 0.6 is 0 Å². The number of nitrogens with zero attached hydrogens (tertiary/aromatic N) is 1. The van der Waals surface area contributed by atoms with Gasteiger partial charge in [-0.15, -0.1) is 0 Å².